The number of aryl methyl sites for hydroxylation is 2. The number of aromatic nitrogens is 2. The Hall–Kier alpha value is -2.47. The van der Waals surface area contributed by atoms with Gasteiger partial charge in [0.15, 0.2) is 0 Å². The maximum atomic E-state index is 12.9. The number of rotatable bonds is 3. The molecule has 0 saturated carbocycles. The number of methoxy groups -OCH3 is 1. The van der Waals surface area contributed by atoms with Crippen molar-refractivity contribution in [1.29, 1.82) is 0 Å². The molecule has 0 saturated heterocycles. The lowest BCUT2D eigenvalue weighted by atomic mass is 10.1. The van der Waals surface area contributed by atoms with Crippen LogP contribution in [0.5, 0.6) is 0 Å². The highest BCUT2D eigenvalue weighted by molar-refractivity contribution is 7.18. The Morgan fingerprint density at radius 2 is 2.25 bits per heavy atom. The van der Waals surface area contributed by atoms with Gasteiger partial charge < -0.3 is 4.74 Å². The molecular weight excluding hydrogens is 324 g/mol. The van der Waals surface area contributed by atoms with Gasteiger partial charge in [-0.2, -0.15) is 0 Å². The van der Waals surface area contributed by atoms with E-state index in [-0.39, 0.29) is 11.5 Å². The fourth-order valence-electron chi connectivity index (χ4n) is 3.24. The topological polar surface area (TPSA) is 61.2 Å². The molecule has 5 nitrogen and oxygen atoms in total. The van der Waals surface area contributed by atoms with Crippen molar-refractivity contribution in [3.05, 3.63) is 62.5 Å². The largest absolute Gasteiger partial charge is 0.465 e. The number of thiophene rings is 1. The Balaban J connectivity index is 1.74. The second-order valence-electron chi connectivity index (χ2n) is 5.91. The summed E-state index contributed by atoms with van der Waals surface area (Å²) in [6.07, 6.45) is 4.73. The molecular formula is C18H16N2O3S. The van der Waals surface area contributed by atoms with Gasteiger partial charge in [0.2, 0.25) is 0 Å². The molecule has 1 aliphatic rings. The summed E-state index contributed by atoms with van der Waals surface area (Å²) < 4.78 is 6.36. The SMILES string of the molecule is COC(=O)c1cccc(Cn2cnc3sc4c(c3c2=O)CCC4)c1. The summed E-state index contributed by atoms with van der Waals surface area (Å²) in [5.41, 5.74) is 2.54. The van der Waals surface area contributed by atoms with E-state index < -0.39 is 0 Å². The monoisotopic (exact) mass is 340 g/mol. The number of hydrogen-bond acceptors (Lipinski definition) is 5. The molecule has 2 aromatic heterocycles. The maximum Gasteiger partial charge on any atom is 0.337 e. The van der Waals surface area contributed by atoms with Crippen LogP contribution in [0.4, 0.5) is 0 Å². The first-order valence-corrected chi connectivity index (χ1v) is 8.66. The smallest absolute Gasteiger partial charge is 0.337 e. The van der Waals surface area contributed by atoms with Crippen LogP contribution in [0.25, 0.3) is 10.2 Å². The van der Waals surface area contributed by atoms with Gasteiger partial charge in [0, 0.05) is 4.88 Å². The fourth-order valence-corrected chi connectivity index (χ4v) is 4.46. The minimum atomic E-state index is -0.381. The third kappa shape index (κ3) is 2.43. The molecule has 122 valence electrons. The van der Waals surface area contributed by atoms with Crippen molar-refractivity contribution < 1.29 is 9.53 Å². The average Bonchev–Trinajstić information content (AvgIpc) is 3.18. The summed E-state index contributed by atoms with van der Waals surface area (Å²) in [6.45, 7) is 0.386. The zero-order chi connectivity index (χ0) is 16.7. The molecule has 0 radical (unpaired) electrons. The number of hydrogen-bond donors (Lipinski definition) is 0. The van der Waals surface area contributed by atoms with Crippen molar-refractivity contribution in [3.8, 4) is 0 Å². The van der Waals surface area contributed by atoms with Crippen LogP contribution in [-0.4, -0.2) is 22.6 Å². The zero-order valence-corrected chi connectivity index (χ0v) is 14.1. The number of benzene rings is 1. The van der Waals surface area contributed by atoms with Gasteiger partial charge in [-0.3, -0.25) is 9.36 Å². The van der Waals surface area contributed by atoms with E-state index in [1.54, 1.807) is 40.4 Å². The Bertz CT molecular complexity index is 1000. The summed E-state index contributed by atoms with van der Waals surface area (Å²) in [5, 5.41) is 0.777. The number of fused-ring (bicyclic) bond motifs is 3. The molecule has 0 bridgehead atoms. The molecule has 0 amide bonds. The summed E-state index contributed by atoms with van der Waals surface area (Å²) >= 11 is 1.64. The Morgan fingerprint density at radius 3 is 3.08 bits per heavy atom. The predicted molar refractivity (Wildman–Crippen MR) is 92.8 cm³/mol. The molecule has 3 aromatic rings. The number of nitrogens with zero attached hydrogens (tertiary/aromatic N) is 2. The van der Waals surface area contributed by atoms with Crippen LogP contribution in [0, 0.1) is 0 Å². The van der Waals surface area contributed by atoms with E-state index in [2.05, 4.69) is 4.98 Å². The highest BCUT2D eigenvalue weighted by Crippen LogP contribution is 2.34. The molecule has 1 aliphatic carbocycles. The maximum absolute atomic E-state index is 12.9. The zero-order valence-electron chi connectivity index (χ0n) is 13.2. The van der Waals surface area contributed by atoms with E-state index in [1.165, 1.54) is 17.6 Å². The van der Waals surface area contributed by atoms with Gasteiger partial charge in [-0.1, -0.05) is 12.1 Å². The number of ether oxygens (including phenoxy) is 1. The van der Waals surface area contributed by atoms with Crippen LogP contribution < -0.4 is 5.56 Å². The van der Waals surface area contributed by atoms with Crippen LogP contribution in [0.3, 0.4) is 0 Å². The molecule has 0 N–H and O–H groups in total. The van der Waals surface area contributed by atoms with Gasteiger partial charge in [0.1, 0.15) is 4.83 Å². The van der Waals surface area contributed by atoms with Crippen molar-refractivity contribution in [2.45, 2.75) is 25.8 Å². The Morgan fingerprint density at radius 1 is 1.38 bits per heavy atom. The van der Waals surface area contributed by atoms with E-state index in [1.807, 2.05) is 6.07 Å². The lowest BCUT2D eigenvalue weighted by Gasteiger charge is -2.07. The first-order valence-electron chi connectivity index (χ1n) is 7.84. The van der Waals surface area contributed by atoms with Crippen LogP contribution in [0.2, 0.25) is 0 Å². The summed E-state index contributed by atoms with van der Waals surface area (Å²) in [5.74, 6) is -0.381. The highest BCUT2D eigenvalue weighted by Gasteiger charge is 2.21. The quantitative estimate of drug-likeness (QED) is 0.688. The molecule has 0 aliphatic heterocycles. The molecule has 6 heteroatoms. The first-order chi connectivity index (χ1) is 11.7. The molecule has 0 atom stereocenters. The standard InChI is InChI=1S/C18H16N2O3S/c1-23-18(22)12-5-2-4-11(8-12)9-20-10-19-16-15(17(20)21)13-6-3-7-14(13)24-16/h2,4-5,8,10H,3,6-7,9H2,1H3. The van der Waals surface area contributed by atoms with E-state index in [9.17, 15) is 9.59 Å². The van der Waals surface area contributed by atoms with E-state index in [0.29, 0.717) is 12.1 Å². The van der Waals surface area contributed by atoms with Crippen LogP contribution >= 0.6 is 11.3 Å². The summed E-state index contributed by atoms with van der Waals surface area (Å²) in [4.78, 5) is 31.1. The number of carbonyl (C=O) groups is 1. The lowest BCUT2D eigenvalue weighted by molar-refractivity contribution is 0.0600. The second kappa shape index (κ2) is 5.87. The fraction of sp³-hybridized carbons (Fsp3) is 0.278. The van der Waals surface area contributed by atoms with Gasteiger partial charge in [-0.25, -0.2) is 9.78 Å². The second-order valence-corrected chi connectivity index (χ2v) is 6.99. The molecule has 24 heavy (non-hydrogen) atoms. The highest BCUT2D eigenvalue weighted by atomic mass is 32.1. The summed E-state index contributed by atoms with van der Waals surface area (Å²) in [7, 11) is 1.36. The van der Waals surface area contributed by atoms with Crippen LogP contribution in [0.1, 0.15) is 32.8 Å². The van der Waals surface area contributed by atoms with E-state index in [0.717, 1.165) is 35.0 Å². The van der Waals surface area contributed by atoms with Crippen molar-refractivity contribution in [2.75, 3.05) is 7.11 Å². The van der Waals surface area contributed by atoms with Gasteiger partial charge in [0.25, 0.3) is 5.56 Å². The van der Waals surface area contributed by atoms with Crippen molar-refractivity contribution >= 4 is 27.5 Å². The Kier molecular flexibility index (Phi) is 3.69. The molecule has 0 spiro atoms. The van der Waals surface area contributed by atoms with Gasteiger partial charge in [-0.15, -0.1) is 11.3 Å². The van der Waals surface area contributed by atoms with Gasteiger partial charge in [0.05, 0.1) is 30.9 Å². The first kappa shape index (κ1) is 15.1. The van der Waals surface area contributed by atoms with Crippen molar-refractivity contribution in [1.82, 2.24) is 9.55 Å². The predicted octanol–water partition coefficient (Wildman–Crippen LogP) is 2.78. The molecule has 0 unspecified atom stereocenters. The minimum absolute atomic E-state index is 0.00266. The molecule has 0 fully saturated rings. The molecule has 4 rings (SSSR count). The number of carbonyl (C=O) groups excluding carboxylic acids is 1. The van der Waals surface area contributed by atoms with Gasteiger partial charge >= 0.3 is 5.97 Å². The average molecular weight is 340 g/mol. The van der Waals surface area contributed by atoms with Crippen molar-refractivity contribution in [2.24, 2.45) is 0 Å². The lowest BCUT2D eigenvalue weighted by Crippen LogP contribution is -2.21. The van der Waals surface area contributed by atoms with E-state index in [4.69, 9.17) is 4.74 Å². The normalized spacial score (nSPS) is 13.2. The summed E-state index contributed by atoms with van der Waals surface area (Å²) in [6, 6.07) is 7.13. The van der Waals surface area contributed by atoms with Gasteiger partial charge in [-0.05, 0) is 42.5 Å². The minimum Gasteiger partial charge on any atom is -0.465 e. The molecule has 1 aromatic carbocycles. The third-order valence-corrected chi connectivity index (χ3v) is 5.59. The Labute approximate surface area is 142 Å². The van der Waals surface area contributed by atoms with Crippen LogP contribution in [0.15, 0.2) is 35.4 Å². The molecule has 2 heterocycles. The third-order valence-electron chi connectivity index (χ3n) is 4.39. The van der Waals surface area contributed by atoms with Crippen LogP contribution in [-0.2, 0) is 24.1 Å². The van der Waals surface area contributed by atoms with E-state index >= 15 is 0 Å². The van der Waals surface area contributed by atoms with Crippen molar-refractivity contribution in [3.63, 3.8) is 0 Å². The number of esters is 1.